The van der Waals surface area contributed by atoms with Crippen molar-refractivity contribution in [3.63, 3.8) is 0 Å². The van der Waals surface area contributed by atoms with Gasteiger partial charge in [-0.3, -0.25) is 19.6 Å². The number of carboxylic acids is 1. The Balaban J connectivity index is 1.98. The summed E-state index contributed by atoms with van der Waals surface area (Å²) in [5.74, 6) is -3.75. The molecule has 1 aromatic carbocycles. The van der Waals surface area contributed by atoms with Crippen molar-refractivity contribution in [2.75, 3.05) is 6.54 Å². The van der Waals surface area contributed by atoms with Crippen LogP contribution in [-0.4, -0.2) is 34.6 Å². The zero-order valence-corrected chi connectivity index (χ0v) is 14.0. The number of rotatable bonds is 7. The molecule has 0 spiro atoms. The molecule has 136 valence electrons. The van der Waals surface area contributed by atoms with Gasteiger partial charge in [-0.15, -0.1) is 0 Å². The summed E-state index contributed by atoms with van der Waals surface area (Å²) in [6.07, 6.45) is 3.04. The Labute approximate surface area is 146 Å². The van der Waals surface area contributed by atoms with Crippen LogP contribution >= 0.6 is 0 Å². The van der Waals surface area contributed by atoms with E-state index in [0.717, 1.165) is 18.4 Å². The minimum atomic E-state index is -0.950. The van der Waals surface area contributed by atoms with E-state index in [1.165, 1.54) is 0 Å². The van der Waals surface area contributed by atoms with Gasteiger partial charge in [0.2, 0.25) is 11.8 Å². The maximum Gasteiger partial charge on any atom is 0.307 e. The van der Waals surface area contributed by atoms with Gasteiger partial charge in [0.05, 0.1) is 17.8 Å². The molecule has 0 radical (unpaired) electrons. The monoisotopic (exact) mass is 348 g/mol. The van der Waals surface area contributed by atoms with E-state index in [1.807, 2.05) is 30.3 Å². The highest BCUT2D eigenvalue weighted by Crippen LogP contribution is 2.30. The summed E-state index contributed by atoms with van der Waals surface area (Å²) in [6.45, 7) is 0.0446. The second-order valence-electron chi connectivity index (χ2n) is 6.44. The van der Waals surface area contributed by atoms with Gasteiger partial charge in [0.25, 0.3) is 0 Å². The first-order chi connectivity index (χ1) is 12.0. The quantitative estimate of drug-likeness (QED) is 0.439. The van der Waals surface area contributed by atoms with Gasteiger partial charge in [-0.1, -0.05) is 43.2 Å². The van der Waals surface area contributed by atoms with E-state index in [2.05, 4.69) is 5.32 Å². The molecule has 1 saturated carbocycles. The summed E-state index contributed by atoms with van der Waals surface area (Å²) >= 11 is 0. The first-order valence-corrected chi connectivity index (χ1v) is 8.51. The van der Waals surface area contributed by atoms with Crippen LogP contribution < -0.4 is 10.8 Å². The van der Waals surface area contributed by atoms with Crippen molar-refractivity contribution in [3.05, 3.63) is 35.9 Å². The molecule has 0 aliphatic heterocycles. The van der Waals surface area contributed by atoms with Gasteiger partial charge in [-0.2, -0.15) is 0 Å². The Morgan fingerprint density at radius 1 is 1.08 bits per heavy atom. The van der Waals surface area contributed by atoms with Crippen LogP contribution in [0.3, 0.4) is 0 Å². The summed E-state index contributed by atoms with van der Waals surface area (Å²) < 4.78 is 0. The van der Waals surface area contributed by atoms with E-state index in [1.54, 1.807) is 5.48 Å². The Bertz CT molecular complexity index is 605. The highest BCUT2D eigenvalue weighted by Gasteiger charge is 2.36. The molecule has 1 fully saturated rings. The standard InChI is InChI=1S/C18H24N2O5/c21-16(20-25)13(10-12-6-2-1-3-7-12)11-19-17(22)14-8-4-5-9-15(14)18(23)24/h1-3,6-7,13-15,25H,4-5,8-11H2,(H,19,22)(H,20,21)(H,23,24)/t13?,14-,15+/m1/s1. The first kappa shape index (κ1) is 18.9. The van der Waals surface area contributed by atoms with Crippen molar-refractivity contribution in [2.45, 2.75) is 32.1 Å². The number of benzene rings is 1. The lowest BCUT2D eigenvalue weighted by Gasteiger charge is -2.28. The largest absolute Gasteiger partial charge is 0.481 e. The number of nitrogens with one attached hydrogen (secondary N) is 2. The maximum atomic E-state index is 12.4. The minimum Gasteiger partial charge on any atom is -0.481 e. The van der Waals surface area contributed by atoms with Gasteiger partial charge in [-0.25, -0.2) is 5.48 Å². The molecule has 1 aliphatic carbocycles. The molecule has 1 aromatic rings. The smallest absolute Gasteiger partial charge is 0.307 e. The third-order valence-electron chi connectivity index (χ3n) is 4.75. The number of aliphatic carboxylic acids is 1. The van der Waals surface area contributed by atoms with Crippen LogP contribution in [-0.2, 0) is 20.8 Å². The van der Waals surface area contributed by atoms with Crippen LogP contribution in [0.5, 0.6) is 0 Å². The fourth-order valence-corrected chi connectivity index (χ4v) is 3.34. The van der Waals surface area contributed by atoms with Crippen LogP contribution in [0.25, 0.3) is 0 Å². The molecular weight excluding hydrogens is 324 g/mol. The van der Waals surface area contributed by atoms with Crippen molar-refractivity contribution < 1.29 is 24.7 Å². The molecule has 2 rings (SSSR count). The zero-order chi connectivity index (χ0) is 18.2. The van der Waals surface area contributed by atoms with Crippen molar-refractivity contribution in [1.82, 2.24) is 10.8 Å². The number of carboxylic acid groups (broad SMARTS) is 1. The average Bonchev–Trinajstić information content (AvgIpc) is 2.64. The third kappa shape index (κ3) is 5.29. The summed E-state index contributed by atoms with van der Waals surface area (Å²) in [5.41, 5.74) is 2.54. The molecule has 0 aromatic heterocycles. The molecule has 2 amide bonds. The molecule has 0 heterocycles. The van der Waals surface area contributed by atoms with E-state index in [0.29, 0.717) is 19.3 Å². The fraction of sp³-hybridized carbons (Fsp3) is 0.500. The van der Waals surface area contributed by atoms with Crippen molar-refractivity contribution in [2.24, 2.45) is 17.8 Å². The van der Waals surface area contributed by atoms with E-state index < -0.39 is 29.6 Å². The highest BCUT2D eigenvalue weighted by molar-refractivity contribution is 5.85. The van der Waals surface area contributed by atoms with Crippen molar-refractivity contribution >= 4 is 17.8 Å². The van der Waals surface area contributed by atoms with Crippen LogP contribution in [0.4, 0.5) is 0 Å². The Hall–Kier alpha value is -2.41. The topological polar surface area (TPSA) is 116 Å². The van der Waals surface area contributed by atoms with Gasteiger partial charge >= 0.3 is 5.97 Å². The third-order valence-corrected chi connectivity index (χ3v) is 4.75. The molecule has 7 heteroatoms. The Kier molecular flexibility index (Phi) is 6.94. The van der Waals surface area contributed by atoms with Crippen molar-refractivity contribution in [3.8, 4) is 0 Å². The van der Waals surface area contributed by atoms with Gasteiger partial charge < -0.3 is 10.4 Å². The van der Waals surface area contributed by atoms with Gasteiger partial charge in [0, 0.05) is 6.54 Å². The molecule has 1 aliphatic rings. The van der Waals surface area contributed by atoms with Gasteiger partial charge in [-0.05, 0) is 24.8 Å². The fourth-order valence-electron chi connectivity index (χ4n) is 3.34. The Morgan fingerprint density at radius 3 is 2.32 bits per heavy atom. The predicted molar refractivity (Wildman–Crippen MR) is 89.7 cm³/mol. The van der Waals surface area contributed by atoms with Crippen LogP contribution in [0, 0.1) is 17.8 Å². The second-order valence-corrected chi connectivity index (χ2v) is 6.44. The maximum absolute atomic E-state index is 12.4. The minimum absolute atomic E-state index is 0.0446. The lowest BCUT2D eigenvalue weighted by molar-refractivity contribution is -0.149. The van der Waals surface area contributed by atoms with E-state index in [9.17, 15) is 19.5 Å². The predicted octanol–water partition coefficient (Wildman–Crippen LogP) is 1.36. The molecule has 4 N–H and O–H groups in total. The Morgan fingerprint density at radius 2 is 1.72 bits per heavy atom. The number of amides is 2. The number of hydrogen-bond acceptors (Lipinski definition) is 4. The zero-order valence-electron chi connectivity index (χ0n) is 14.0. The van der Waals surface area contributed by atoms with Gasteiger partial charge in [0.1, 0.15) is 0 Å². The number of hydroxylamine groups is 1. The van der Waals surface area contributed by atoms with E-state index in [4.69, 9.17) is 5.21 Å². The molecule has 0 bridgehead atoms. The second kappa shape index (κ2) is 9.17. The van der Waals surface area contributed by atoms with Crippen LogP contribution in [0.2, 0.25) is 0 Å². The molecule has 25 heavy (non-hydrogen) atoms. The van der Waals surface area contributed by atoms with E-state index in [-0.39, 0.29) is 12.5 Å². The summed E-state index contributed by atoms with van der Waals surface area (Å²) in [7, 11) is 0. The lowest BCUT2D eigenvalue weighted by Crippen LogP contribution is -2.44. The summed E-state index contributed by atoms with van der Waals surface area (Å²) in [6, 6.07) is 9.28. The molecule has 1 unspecified atom stereocenters. The molecule has 7 nitrogen and oxygen atoms in total. The molecule has 0 saturated heterocycles. The summed E-state index contributed by atoms with van der Waals surface area (Å²) in [5, 5.41) is 20.9. The van der Waals surface area contributed by atoms with Crippen LogP contribution in [0.1, 0.15) is 31.2 Å². The van der Waals surface area contributed by atoms with Crippen molar-refractivity contribution in [1.29, 1.82) is 0 Å². The number of hydrogen-bond donors (Lipinski definition) is 4. The highest BCUT2D eigenvalue weighted by atomic mass is 16.5. The lowest BCUT2D eigenvalue weighted by atomic mass is 9.78. The normalized spacial score (nSPS) is 21.2. The number of carbonyl (C=O) groups is 3. The summed E-state index contributed by atoms with van der Waals surface area (Å²) in [4.78, 5) is 35.6. The number of carbonyl (C=O) groups excluding carboxylic acids is 2. The van der Waals surface area contributed by atoms with E-state index >= 15 is 0 Å². The molecular formula is C18H24N2O5. The van der Waals surface area contributed by atoms with Crippen LogP contribution in [0.15, 0.2) is 30.3 Å². The first-order valence-electron chi connectivity index (χ1n) is 8.51. The molecule has 3 atom stereocenters. The SMILES string of the molecule is O=C(NO)C(CNC(=O)[C@@H]1CCCC[C@@H]1C(=O)O)Cc1ccccc1. The average molecular weight is 348 g/mol. The van der Waals surface area contributed by atoms with Gasteiger partial charge in [0.15, 0.2) is 0 Å².